The van der Waals surface area contributed by atoms with Gasteiger partial charge in [0.05, 0.1) is 24.9 Å². The Bertz CT molecular complexity index is 817. The highest BCUT2D eigenvalue weighted by Crippen LogP contribution is 2.25. The number of rotatable bonds is 3. The van der Waals surface area contributed by atoms with Gasteiger partial charge in [-0.3, -0.25) is 4.68 Å². The van der Waals surface area contributed by atoms with Gasteiger partial charge in [-0.15, -0.1) is 0 Å². The van der Waals surface area contributed by atoms with E-state index in [0.717, 1.165) is 33.1 Å². The van der Waals surface area contributed by atoms with Crippen molar-refractivity contribution in [2.24, 2.45) is 0 Å². The minimum Gasteiger partial charge on any atom is -0.392 e. The molecule has 0 atom stereocenters. The maximum Gasteiger partial charge on any atom is 0.159 e. The lowest BCUT2D eigenvalue weighted by molar-refractivity contribution is 0.282. The summed E-state index contributed by atoms with van der Waals surface area (Å²) in [4.78, 5) is 0. The van der Waals surface area contributed by atoms with Crippen LogP contribution in [0.15, 0.2) is 41.0 Å². The van der Waals surface area contributed by atoms with Crippen molar-refractivity contribution in [3.05, 3.63) is 63.8 Å². The van der Waals surface area contributed by atoms with Crippen molar-refractivity contribution < 1.29 is 13.9 Å². The zero-order valence-electron chi connectivity index (χ0n) is 10.9. The molecule has 108 valence electrons. The topological polar surface area (TPSA) is 38.1 Å². The molecule has 0 aliphatic rings. The summed E-state index contributed by atoms with van der Waals surface area (Å²) < 4.78 is 28.7. The molecule has 3 rings (SSSR count). The van der Waals surface area contributed by atoms with Gasteiger partial charge < -0.3 is 5.11 Å². The Labute approximate surface area is 128 Å². The average molecular weight is 353 g/mol. The lowest BCUT2D eigenvalue weighted by Gasteiger charge is -2.08. The molecule has 3 aromatic rings. The largest absolute Gasteiger partial charge is 0.392 e. The van der Waals surface area contributed by atoms with Crippen LogP contribution in [0.2, 0.25) is 0 Å². The monoisotopic (exact) mass is 352 g/mol. The number of halogens is 3. The van der Waals surface area contributed by atoms with E-state index in [-0.39, 0.29) is 6.61 Å². The molecular formula is C15H11BrF2N2O. The molecule has 0 aliphatic carbocycles. The van der Waals surface area contributed by atoms with Crippen molar-refractivity contribution in [2.75, 3.05) is 0 Å². The summed E-state index contributed by atoms with van der Waals surface area (Å²) >= 11 is 3.38. The van der Waals surface area contributed by atoms with Crippen molar-refractivity contribution in [1.29, 1.82) is 0 Å². The van der Waals surface area contributed by atoms with Gasteiger partial charge in [0.25, 0.3) is 0 Å². The zero-order valence-corrected chi connectivity index (χ0v) is 12.4. The smallest absolute Gasteiger partial charge is 0.159 e. The van der Waals surface area contributed by atoms with Crippen molar-refractivity contribution in [3.8, 4) is 0 Å². The SMILES string of the molecule is OCc1cc(Br)cc2cnn(Cc3ccc(F)c(F)c3)c12. The van der Waals surface area contributed by atoms with E-state index in [1.54, 1.807) is 10.9 Å². The molecule has 0 bridgehead atoms. The third-order valence-electron chi connectivity index (χ3n) is 3.26. The van der Waals surface area contributed by atoms with Crippen LogP contribution in [0.3, 0.4) is 0 Å². The summed E-state index contributed by atoms with van der Waals surface area (Å²) in [7, 11) is 0. The molecule has 3 nitrogen and oxygen atoms in total. The van der Waals surface area contributed by atoms with E-state index < -0.39 is 11.6 Å². The molecule has 6 heteroatoms. The predicted molar refractivity (Wildman–Crippen MR) is 78.8 cm³/mol. The molecule has 2 aromatic carbocycles. The highest BCUT2D eigenvalue weighted by molar-refractivity contribution is 9.10. The molecule has 0 aliphatic heterocycles. The van der Waals surface area contributed by atoms with E-state index in [1.807, 2.05) is 12.1 Å². The van der Waals surface area contributed by atoms with E-state index >= 15 is 0 Å². The molecule has 0 amide bonds. The van der Waals surface area contributed by atoms with Crippen LogP contribution >= 0.6 is 15.9 Å². The molecule has 1 N–H and O–H groups in total. The van der Waals surface area contributed by atoms with Gasteiger partial charge in [-0.1, -0.05) is 22.0 Å². The quantitative estimate of drug-likeness (QED) is 0.781. The van der Waals surface area contributed by atoms with Crippen molar-refractivity contribution >= 4 is 26.8 Å². The van der Waals surface area contributed by atoms with E-state index in [0.29, 0.717) is 12.1 Å². The van der Waals surface area contributed by atoms with Crippen LogP contribution in [0.4, 0.5) is 8.78 Å². The molecule has 1 heterocycles. The maximum atomic E-state index is 13.3. The number of aliphatic hydroxyl groups excluding tert-OH is 1. The molecular weight excluding hydrogens is 342 g/mol. The summed E-state index contributed by atoms with van der Waals surface area (Å²) in [6.45, 7) is 0.175. The fraction of sp³-hybridized carbons (Fsp3) is 0.133. The number of hydrogen-bond acceptors (Lipinski definition) is 2. The summed E-state index contributed by atoms with van der Waals surface area (Å²) in [5.74, 6) is -1.75. The Hall–Kier alpha value is -1.79. The van der Waals surface area contributed by atoms with Crippen LogP contribution < -0.4 is 0 Å². The Morgan fingerprint density at radius 2 is 1.95 bits per heavy atom. The van der Waals surface area contributed by atoms with Gasteiger partial charge in [0.1, 0.15) is 0 Å². The molecule has 0 saturated heterocycles. The van der Waals surface area contributed by atoms with Gasteiger partial charge in [-0.25, -0.2) is 8.78 Å². The summed E-state index contributed by atoms with van der Waals surface area (Å²) in [6.07, 6.45) is 1.68. The lowest BCUT2D eigenvalue weighted by atomic mass is 10.1. The highest BCUT2D eigenvalue weighted by Gasteiger charge is 2.11. The first-order chi connectivity index (χ1) is 10.1. The second kappa shape index (κ2) is 5.54. The van der Waals surface area contributed by atoms with Crippen LogP contribution in [0, 0.1) is 11.6 Å². The first-order valence-corrected chi connectivity index (χ1v) is 7.06. The van der Waals surface area contributed by atoms with Gasteiger partial charge in [0.15, 0.2) is 11.6 Å². The molecule has 0 unspecified atom stereocenters. The minimum atomic E-state index is -0.880. The first-order valence-electron chi connectivity index (χ1n) is 6.27. The first kappa shape index (κ1) is 14.2. The number of aliphatic hydroxyl groups is 1. The number of aromatic nitrogens is 2. The van der Waals surface area contributed by atoms with Crippen LogP contribution in [-0.4, -0.2) is 14.9 Å². The Balaban J connectivity index is 2.06. The van der Waals surface area contributed by atoms with E-state index in [4.69, 9.17) is 0 Å². The zero-order chi connectivity index (χ0) is 15.0. The third-order valence-corrected chi connectivity index (χ3v) is 3.72. The normalized spacial score (nSPS) is 11.2. The molecule has 0 fully saturated rings. The van der Waals surface area contributed by atoms with Crippen LogP contribution in [-0.2, 0) is 13.2 Å². The lowest BCUT2D eigenvalue weighted by Crippen LogP contribution is -2.04. The molecule has 0 saturated carbocycles. The fourth-order valence-corrected chi connectivity index (χ4v) is 2.86. The predicted octanol–water partition coefficient (Wildman–Crippen LogP) is 3.62. The van der Waals surface area contributed by atoms with E-state index in [1.165, 1.54) is 6.07 Å². The fourth-order valence-electron chi connectivity index (χ4n) is 2.33. The van der Waals surface area contributed by atoms with Crippen molar-refractivity contribution in [2.45, 2.75) is 13.2 Å². The van der Waals surface area contributed by atoms with Crippen molar-refractivity contribution in [1.82, 2.24) is 9.78 Å². The number of hydrogen-bond donors (Lipinski definition) is 1. The number of fused-ring (bicyclic) bond motifs is 1. The molecule has 1 aromatic heterocycles. The van der Waals surface area contributed by atoms with E-state index in [2.05, 4.69) is 21.0 Å². The summed E-state index contributed by atoms with van der Waals surface area (Å²) in [5.41, 5.74) is 2.11. The third kappa shape index (κ3) is 2.69. The van der Waals surface area contributed by atoms with Gasteiger partial charge in [0.2, 0.25) is 0 Å². The second-order valence-electron chi connectivity index (χ2n) is 4.71. The van der Waals surface area contributed by atoms with Crippen LogP contribution in [0.25, 0.3) is 10.9 Å². The standard InChI is InChI=1S/C15H11BrF2N2O/c16-12-4-10-6-19-20(15(10)11(5-12)8-21)7-9-1-2-13(17)14(18)3-9/h1-6,21H,7-8H2. The Morgan fingerprint density at radius 3 is 2.67 bits per heavy atom. The average Bonchev–Trinajstić information content (AvgIpc) is 2.85. The van der Waals surface area contributed by atoms with Crippen LogP contribution in [0.5, 0.6) is 0 Å². The van der Waals surface area contributed by atoms with Gasteiger partial charge in [-0.2, -0.15) is 5.10 Å². The Morgan fingerprint density at radius 1 is 1.14 bits per heavy atom. The summed E-state index contributed by atoms with van der Waals surface area (Å²) in [6, 6.07) is 7.47. The maximum absolute atomic E-state index is 13.3. The minimum absolute atomic E-state index is 0.126. The van der Waals surface area contributed by atoms with Crippen LogP contribution in [0.1, 0.15) is 11.1 Å². The second-order valence-corrected chi connectivity index (χ2v) is 5.63. The highest BCUT2D eigenvalue weighted by atomic mass is 79.9. The van der Waals surface area contributed by atoms with Crippen molar-refractivity contribution in [3.63, 3.8) is 0 Å². The van der Waals surface area contributed by atoms with Gasteiger partial charge in [0, 0.05) is 15.4 Å². The molecule has 0 radical (unpaired) electrons. The number of benzene rings is 2. The molecule has 21 heavy (non-hydrogen) atoms. The molecule has 0 spiro atoms. The van der Waals surface area contributed by atoms with Gasteiger partial charge >= 0.3 is 0 Å². The van der Waals surface area contributed by atoms with Gasteiger partial charge in [-0.05, 0) is 29.8 Å². The summed E-state index contributed by atoms with van der Waals surface area (Å²) in [5, 5.41) is 14.6. The number of nitrogens with zero attached hydrogens (tertiary/aromatic N) is 2. The Kier molecular flexibility index (Phi) is 3.73. The van der Waals surface area contributed by atoms with E-state index in [9.17, 15) is 13.9 Å².